The van der Waals surface area contributed by atoms with Crippen molar-refractivity contribution < 1.29 is 9.47 Å². The first kappa shape index (κ1) is 16.8. The average Bonchev–Trinajstić information content (AvgIpc) is 2.46. The van der Waals surface area contributed by atoms with E-state index in [0.29, 0.717) is 19.3 Å². The molecule has 1 rings (SSSR count). The SMILES string of the molecule is CCCCCC(C)NCCOc1ccccc1OCC. The van der Waals surface area contributed by atoms with Crippen molar-refractivity contribution in [3.63, 3.8) is 0 Å². The fraction of sp³-hybridized carbons (Fsp3) is 0.647. The number of ether oxygens (including phenoxy) is 2. The summed E-state index contributed by atoms with van der Waals surface area (Å²) in [5, 5.41) is 3.50. The Labute approximate surface area is 123 Å². The van der Waals surface area contributed by atoms with Crippen LogP contribution in [0.15, 0.2) is 24.3 Å². The van der Waals surface area contributed by atoms with E-state index < -0.39 is 0 Å². The molecule has 0 aromatic heterocycles. The van der Waals surface area contributed by atoms with Crippen LogP contribution in [0.5, 0.6) is 11.5 Å². The van der Waals surface area contributed by atoms with Gasteiger partial charge < -0.3 is 14.8 Å². The topological polar surface area (TPSA) is 30.5 Å². The molecule has 0 radical (unpaired) electrons. The molecule has 114 valence electrons. The second-order valence-electron chi connectivity index (χ2n) is 5.08. The highest BCUT2D eigenvalue weighted by atomic mass is 16.5. The van der Waals surface area contributed by atoms with Crippen molar-refractivity contribution in [1.82, 2.24) is 5.32 Å². The maximum atomic E-state index is 5.78. The molecule has 1 atom stereocenters. The quantitative estimate of drug-likeness (QED) is 0.621. The molecule has 1 aromatic rings. The minimum absolute atomic E-state index is 0.562. The van der Waals surface area contributed by atoms with Crippen molar-refractivity contribution >= 4 is 0 Å². The Bertz CT molecular complexity index is 355. The first-order valence-corrected chi connectivity index (χ1v) is 7.85. The molecule has 0 aliphatic heterocycles. The lowest BCUT2D eigenvalue weighted by molar-refractivity contribution is 0.271. The Hall–Kier alpha value is -1.22. The van der Waals surface area contributed by atoms with Gasteiger partial charge in [-0.15, -0.1) is 0 Å². The van der Waals surface area contributed by atoms with Crippen molar-refractivity contribution in [1.29, 1.82) is 0 Å². The van der Waals surface area contributed by atoms with Crippen LogP contribution in [0.3, 0.4) is 0 Å². The second kappa shape index (κ2) is 10.6. The molecule has 0 saturated heterocycles. The van der Waals surface area contributed by atoms with E-state index in [1.165, 1.54) is 25.7 Å². The fourth-order valence-corrected chi connectivity index (χ4v) is 2.11. The first-order valence-electron chi connectivity index (χ1n) is 7.85. The van der Waals surface area contributed by atoms with Crippen LogP contribution in [0.2, 0.25) is 0 Å². The van der Waals surface area contributed by atoms with Crippen molar-refractivity contribution in [3.8, 4) is 11.5 Å². The maximum Gasteiger partial charge on any atom is 0.161 e. The highest BCUT2D eigenvalue weighted by Gasteiger charge is 2.04. The molecular formula is C17H29NO2. The number of hydrogen-bond acceptors (Lipinski definition) is 3. The monoisotopic (exact) mass is 279 g/mol. The summed E-state index contributed by atoms with van der Waals surface area (Å²) >= 11 is 0. The van der Waals surface area contributed by atoms with Crippen LogP contribution in [0, 0.1) is 0 Å². The van der Waals surface area contributed by atoms with E-state index in [9.17, 15) is 0 Å². The molecule has 3 nitrogen and oxygen atoms in total. The number of benzene rings is 1. The van der Waals surface area contributed by atoms with Gasteiger partial charge in [0.05, 0.1) is 6.61 Å². The van der Waals surface area contributed by atoms with Gasteiger partial charge in [0, 0.05) is 12.6 Å². The minimum atomic E-state index is 0.562. The van der Waals surface area contributed by atoms with Gasteiger partial charge in [-0.25, -0.2) is 0 Å². The highest BCUT2D eigenvalue weighted by molar-refractivity contribution is 5.39. The van der Waals surface area contributed by atoms with E-state index in [2.05, 4.69) is 19.2 Å². The molecule has 0 aliphatic carbocycles. The zero-order valence-corrected chi connectivity index (χ0v) is 13.2. The molecule has 0 saturated carbocycles. The maximum absolute atomic E-state index is 5.78. The smallest absolute Gasteiger partial charge is 0.161 e. The summed E-state index contributed by atoms with van der Waals surface area (Å²) in [7, 11) is 0. The third kappa shape index (κ3) is 6.80. The lowest BCUT2D eigenvalue weighted by Crippen LogP contribution is -2.30. The minimum Gasteiger partial charge on any atom is -0.490 e. The van der Waals surface area contributed by atoms with E-state index in [1.54, 1.807) is 0 Å². The van der Waals surface area contributed by atoms with Gasteiger partial charge >= 0.3 is 0 Å². The zero-order valence-electron chi connectivity index (χ0n) is 13.2. The van der Waals surface area contributed by atoms with Crippen LogP contribution in [0.25, 0.3) is 0 Å². The molecule has 0 fully saturated rings. The number of hydrogen-bond donors (Lipinski definition) is 1. The Kier molecular flexibility index (Phi) is 8.88. The zero-order chi connectivity index (χ0) is 14.6. The van der Waals surface area contributed by atoms with Crippen LogP contribution < -0.4 is 14.8 Å². The summed E-state index contributed by atoms with van der Waals surface area (Å²) in [5.41, 5.74) is 0. The first-order chi connectivity index (χ1) is 9.77. The van der Waals surface area contributed by atoms with E-state index in [-0.39, 0.29) is 0 Å². The van der Waals surface area contributed by atoms with Crippen LogP contribution in [-0.4, -0.2) is 25.8 Å². The molecule has 0 spiro atoms. The third-order valence-electron chi connectivity index (χ3n) is 3.24. The van der Waals surface area contributed by atoms with Gasteiger partial charge in [0.2, 0.25) is 0 Å². The summed E-state index contributed by atoms with van der Waals surface area (Å²) in [6, 6.07) is 8.40. The van der Waals surface area contributed by atoms with Gasteiger partial charge in [-0.2, -0.15) is 0 Å². The molecule has 0 heterocycles. The summed E-state index contributed by atoms with van der Waals surface area (Å²) in [5.74, 6) is 1.65. The standard InChI is InChI=1S/C17H29NO2/c1-4-6-7-10-15(3)18-13-14-20-17-12-9-8-11-16(17)19-5-2/h8-9,11-12,15,18H,4-7,10,13-14H2,1-3H3. The largest absolute Gasteiger partial charge is 0.490 e. The van der Waals surface area contributed by atoms with E-state index in [0.717, 1.165) is 18.0 Å². The molecule has 1 unspecified atom stereocenters. The number of unbranched alkanes of at least 4 members (excludes halogenated alkanes) is 2. The summed E-state index contributed by atoms with van der Waals surface area (Å²) < 4.78 is 11.3. The third-order valence-corrected chi connectivity index (χ3v) is 3.24. The molecule has 0 bridgehead atoms. The number of para-hydroxylation sites is 2. The van der Waals surface area contributed by atoms with Gasteiger partial charge in [-0.3, -0.25) is 0 Å². The molecule has 0 aliphatic rings. The van der Waals surface area contributed by atoms with Crippen LogP contribution >= 0.6 is 0 Å². The van der Waals surface area contributed by atoms with Crippen molar-refractivity contribution in [2.45, 2.75) is 52.5 Å². The lowest BCUT2D eigenvalue weighted by atomic mass is 10.1. The molecular weight excluding hydrogens is 250 g/mol. The average molecular weight is 279 g/mol. The predicted molar refractivity (Wildman–Crippen MR) is 84.7 cm³/mol. The van der Waals surface area contributed by atoms with Gasteiger partial charge in [0.1, 0.15) is 6.61 Å². The van der Waals surface area contributed by atoms with E-state index in [1.807, 2.05) is 31.2 Å². The van der Waals surface area contributed by atoms with Gasteiger partial charge in [0.15, 0.2) is 11.5 Å². The van der Waals surface area contributed by atoms with Crippen LogP contribution in [0.4, 0.5) is 0 Å². The van der Waals surface area contributed by atoms with E-state index >= 15 is 0 Å². The summed E-state index contributed by atoms with van der Waals surface area (Å²) in [6.45, 7) is 8.66. The number of nitrogens with one attached hydrogen (secondary N) is 1. The Morgan fingerprint density at radius 1 is 1.05 bits per heavy atom. The highest BCUT2D eigenvalue weighted by Crippen LogP contribution is 2.25. The van der Waals surface area contributed by atoms with Gasteiger partial charge in [0.25, 0.3) is 0 Å². The Balaban J connectivity index is 2.20. The second-order valence-corrected chi connectivity index (χ2v) is 5.08. The summed E-state index contributed by atoms with van der Waals surface area (Å²) in [4.78, 5) is 0. The Morgan fingerprint density at radius 2 is 1.75 bits per heavy atom. The number of rotatable bonds is 11. The van der Waals surface area contributed by atoms with Gasteiger partial charge in [-0.1, -0.05) is 38.3 Å². The van der Waals surface area contributed by atoms with E-state index in [4.69, 9.17) is 9.47 Å². The molecule has 1 N–H and O–H groups in total. The van der Waals surface area contributed by atoms with Crippen molar-refractivity contribution in [2.75, 3.05) is 19.8 Å². The van der Waals surface area contributed by atoms with Gasteiger partial charge in [-0.05, 0) is 32.4 Å². The molecule has 0 amide bonds. The molecule has 1 aromatic carbocycles. The lowest BCUT2D eigenvalue weighted by Gasteiger charge is -2.15. The van der Waals surface area contributed by atoms with Crippen LogP contribution in [-0.2, 0) is 0 Å². The predicted octanol–water partition coefficient (Wildman–Crippen LogP) is 4.02. The Morgan fingerprint density at radius 3 is 2.40 bits per heavy atom. The summed E-state index contributed by atoms with van der Waals surface area (Å²) in [6.07, 6.45) is 5.15. The molecule has 20 heavy (non-hydrogen) atoms. The van der Waals surface area contributed by atoms with Crippen molar-refractivity contribution in [3.05, 3.63) is 24.3 Å². The fourth-order valence-electron chi connectivity index (χ4n) is 2.11. The normalized spacial score (nSPS) is 12.2. The van der Waals surface area contributed by atoms with Crippen LogP contribution in [0.1, 0.15) is 46.5 Å². The van der Waals surface area contributed by atoms with Crippen molar-refractivity contribution in [2.24, 2.45) is 0 Å². The molecule has 3 heteroatoms.